The summed E-state index contributed by atoms with van der Waals surface area (Å²) in [5, 5.41) is 25.0. The highest BCUT2D eigenvalue weighted by Gasteiger charge is 2.52. The van der Waals surface area contributed by atoms with Gasteiger partial charge >= 0.3 is 5.97 Å². The van der Waals surface area contributed by atoms with E-state index in [4.69, 9.17) is 5.11 Å². The lowest BCUT2D eigenvalue weighted by Crippen LogP contribution is -2.71. The summed E-state index contributed by atoms with van der Waals surface area (Å²) >= 11 is 2.83. The number of β-lactam (4-membered cyclic amide) rings is 1. The zero-order valence-corrected chi connectivity index (χ0v) is 29.0. The van der Waals surface area contributed by atoms with Crippen molar-refractivity contribution >= 4 is 58.0 Å². The van der Waals surface area contributed by atoms with Gasteiger partial charge in [-0.15, -0.1) is 23.5 Å². The molecule has 0 unspecified atom stereocenters. The Kier molecular flexibility index (Phi) is 13.5. The minimum Gasteiger partial charge on any atom is -0.543 e. The van der Waals surface area contributed by atoms with E-state index in [1.807, 2.05) is 84.4 Å². The molecular formula is C37H41N3O6S2. The van der Waals surface area contributed by atoms with Crippen LogP contribution in [0.1, 0.15) is 45.2 Å². The van der Waals surface area contributed by atoms with Gasteiger partial charge in [-0.25, -0.2) is 4.79 Å². The second-order valence-electron chi connectivity index (χ2n) is 11.5. The number of nitrogens with one attached hydrogen (secondary N) is 1. The van der Waals surface area contributed by atoms with Crippen molar-refractivity contribution in [1.29, 1.82) is 0 Å². The first kappa shape index (κ1) is 36.5. The predicted molar refractivity (Wildman–Crippen MR) is 188 cm³/mol. The van der Waals surface area contributed by atoms with Gasteiger partial charge in [0.25, 0.3) is 5.91 Å². The van der Waals surface area contributed by atoms with Crippen LogP contribution in [0.2, 0.25) is 0 Å². The van der Waals surface area contributed by atoms with E-state index in [9.17, 15) is 24.3 Å². The van der Waals surface area contributed by atoms with Crippen LogP contribution in [0.25, 0.3) is 10.8 Å². The van der Waals surface area contributed by atoms with Crippen molar-refractivity contribution in [2.45, 2.75) is 69.3 Å². The molecule has 1 aromatic heterocycles. The topological polar surface area (TPSA) is 131 Å². The number of amides is 2. The fourth-order valence-electron chi connectivity index (χ4n) is 5.26. The number of pyridine rings is 1. The SMILES string of the molecule is CCCCCC=C(C)C(=O)O.Cc1cccc[n+]1CC=CC1=C(C(=O)[O-])N2C(=O)[C@@H](NC(=O)CSc3ccc4ccccc4c3)[C@H]2SC1. The number of hydrogen-bond acceptors (Lipinski definition) is 7. The minimum absolute atomic E-state index is 0.115. The highest BCUT2D eigenvalue weighted by atomic mass is 32.2. The molecule has 252 valence electrons. The van der Waals surface area contributed by atoms with Crippen LogP contribution in [0.4, 0.5) is 0 Å². The summed E-state index contributed by atoms with van der Waals surface area (Å²) in [6.45, 7) is 6.34. The third-order valence-electron chi connectivity index (χ3n) is 7.98. The molecule has 0 saturated carbocycles. The molecule has 2 aliphatic heterocycles. The van der Waals surface area contributed by atoms with Crippen molar-refractivity contribution in [3.05, 3.63) is 108 Å². The number of nitrogens with zero attached hydrogens (tertiary/aromatic N) is 2. The molecule has 2 amide bonds. The molecule has 2 aliphatic rings. The Morgan fingerprint density at radius 1 is 1.10 bits per heavy atom. The first-order valence-corrected chi connectivity index (χ1v) is 18.0. The monoisotopic (exact) mass is 687 g/mol. The van der Waals surface area contributed by atoms with Gasteiger partial charge in [-0.2, -0.15) is 4.57 Å². The van der Waals surface area contributed by atoms with Gasteiger partial charge in [-0.05, 0) is 54.3 Å². The number of aromatic nitrogens is 1. The molecule has 1 fully saturated rings. The van der Waals surface area contributed by atoms with Crippen molar-refractivity contribution < 1.29 is 34.0 Å². The van der Waals surface area contributed by atoms with Gasteiger partial charge in [0.15, 0.2) is 18.4 Å². The maximum atomic E-state index is 12.9. The molecule has 2 N–H and O–H groups in total. The quantitative estimate of drug-likeness (QED) is 0.0863. The number of benzene rings is 2. The summed E-state index contributed by atoms with van der Waals surface area (Å²) in [7, 11) is 0. The Morgan fingerprint density at radius 2 is 1.85 bits per heavy atom. The van der Waals surface area contributed by atoms with E-state index in [1.165, 1.54) is 41.3 Å². The van der Waals surface area contributed by atoms with Gasteiger partial charge in [0.05, 0.1) is 17.4 Å². The number of unbranched alkanes of at least 4 members (excludes halogenated alkanes) is 3. The van der Waals surface area contributed by atoms with Crippen molar-refractivity contribution in [2.24, 2.45) is 0 Å². The highest BCUT2D eigenvalue weighted by molar-refractivity contribution is 8.00. The predicted octanol–water partition coefficient (Wildman–Crippen LogP) is 4.79. The van der Waals surface area contributed by atoms with E-state index in [1.54, 1.807) is 19.1 Å². The zero-order chi connectivity index (χ0) is 34.6. The average Bonchev–Trinajstić information content (AvgIpc) is 3.08. The van der Waals surface area contributed by atoms with E-state index in [-0.39, 0.29) is 17.4 Å². The van der Waals surface area contributed by atoms with Crippen LogP contribution < -0.4 is 15.0 Å². The van der Waals surface area contributed by atoms with Gasteiger partial charge in [-0.1, -0.05) is 68.3 Å². The number of allylic oxidation sites excluding steroid dienone is 3. The highest BCUT2D eigenvalue weighted by Crippen LogP contribution is 2.40. The molecule has 1 saturated heterocycles. The van der Waals surface area contributed by atoms with Crippen molar-refractivity contribution in [1.82, 2.24) is 10.2 Å². The van der Waals surface area contributed by atoms with Gasteiger partial charge in [0.1, 0.15) is 11.4 Å². The molecule has 2 aromatic carbocycles. The van der Waals surface area contributed by atoms with Crippen molar-refractivity contribution in [2.75, 3.05) is 11.5 Å². The lowest BCUT2D eigenvalue weighted by molar-refractivity contribution is -0.693. The van der Waals surface area contributed by atoms with E-state index < -0.39 is 29.3 Å². The lowest BCUT2D eigenvalue weighted by Gasteiger charge is -2.50. The number of carboxylic acid groups (broad SMARTS) is 2. The lowest BCUT2D eigenvalue weighted by atomic mass is 10.0. The summed E-state index contributed by atoms with van der Waals surface area (Å²) in [5.41, 5.74) is 1.95. The number of carboxylic acids is 2. The molecule has 9 nitrogen and oxygen atoms in total. The molecule has 11 heteroatoms. The Morgan fingerprint density at radius 3 is 2.56 bits per heavy atom. The molecule has 0 bridgehead atoms. The van der Waals surface area contributed by atoms with Crippen molar-refractivity contribution in [3.8, 4) is 0 Å². The third-order valence-corrected chi connectivity index (χ3v) is 10.3. The van der Waals surface area contributed by atoms with Crippen LogP contribution >= 0.6 is 23.5 Å². The van der Waals surface area contributed by atoms with Crippen molar-refractivity contribution in [3.63, 3.8) is 0 Å². The number of carbonyl (C=O) groups excluding carboxylic acids is 3. The van der Waals surface area contributed by atoms with Gasteiger partial charge < -0.3 is 20.3 Å². The third kappa shape index (κ3) is 9.60. The molecule has 2 atom stereocenters. The standard InChI is InChI=1S/C28H25N3O4S2.C9H16O2/c1-18-7-4-5-13-30(18)14-6-10-21-16-37-27-24(26(33)31(27)25(21)28(34)35)29-23(32)17-36-22-12-11-19-8-2-3-9-20(19)15-22;1-3-4-5-6-7-8(2)9(10)11/h2-13,15,24,27H,14,16-17H2,1H3,(H-,29,32,34,35);7H,3-6H2,1-2H3,(H,10,11)/t24-,27-;/m1./s1. The van der Waals surface area contributed by atoms with E-state index in [2.05, 4.69) is 12.2 Å². The zero-order valence-electron chi connectivity index (χ0n) is 27.4. The molecule has 0 radical (unpaired) electrons. The van der Waals surface area contributed by atoms with Crippen LogP contribution in [-0.4, -0.2) is 56.7 Å². The summed E-state index contributed by atoms with van der Waals surface area (Å²) in [4.78, 5) is 50.0. The molecular weight excluding hydrogens is 647 g/mol. The Bertz CT molecular complexity index is 1750. The molecule has 48 heavy (non-hydrogen) atoms. The summed E-state index contributed by atoms with van der Waals surface area (Å²) < 4.78 is 2.03. The summed E-state index contributed by atoms with van der Waals surface area (Å²) in [6.07, 6.45) is 11.7. The number of rotatable bonds is 13. The largest absolute Gasteiger partial charge is 0.543 e. The van der Waals surface area contributed by atoms with E-state index >= 15 is 0 Å². The maximum absolute atomic E-state index is 12.9. The Labute approximate surface area is 289 Å². The van der Waals surface area contributed by atoms with Gasteiger partial charge in [-0.3, -0.25) is 14.5 Å². The number of carbonyl (C=O) groups is 4. The molecule has 3 heterocycles. The van der Waals surface area contributed by atoms with E-state index in [0.717, 1.165) is 34.2 Å². The second-order valence-corrected chi connectivity index (χ2v) is 13.7. The normalized spacial score (nSPS) is 17.4. The average molecular weight is 688 g/mol. The molecule has 5 rings (SSSR count). The van der Waals surface area contributed by atoms with Gasteiger partial charge in [0.2, 0.25) is 5.91 Å². The number of aliphatic carboxylic acids is 2. The fraction of sp³-hybridized carbons (Fsp3) is 0.324. The minimum atomic E-state index is -1.39. The number of hydrogen-bond donors (Lipinski definition) is 2. The number of fused-ring (bicyclic) bond motifs is 2. The molecule has 3 aromatic rings. The first-order chi connectivity index (χ1) is 23.1. The van der Waals surface area contributed by atoms with Crippen LogP contribution in [-0.2, 0) is 25.7 Å². The number of aryl methyl sites for hydroxylation is 1. The van der Waals surface area contributed by atoms with Gasteiger partial charge in [0, 0.05) is 35.3 Å². The van der Waals surface area contributed by atoms with Crippen LogP contribution in [0.3, 0.4) is 0 Å². The fourth-order valence-corrected chi connectivity index (χ4v) is 7.33. The Hall–Kier alpha value is -4.35. The smallest absolute Gasteiger partial charge is 0.330 e. The van der Waals surface area contributed by atoms with Crippen LogP contribution in [0.5, 0.6) is 0 Å². The second kappa shape index (κ2) is 17.7. The summed E-state index contributed by atoms with van der Waals surface area (Å²) in [6, 6.07) is 19.2. The Balaban J connectivity index is 0.000000408. The number of thioether (sulfide) groups is 2. The summed E-state index contributed by atoms with van der Waals surface area (Å²) in [5.74, 6) is -2.32. The molecule has 0 aliphatic carbocycles. The maximum Gasteiger partial charge on any atom is 0.330 e. The van der Waals surface area contributed by atoms with Crippen LogP contribution in [0, 0.1) is 6.92 Å². The molecule has 0 spiro atoms. The van der Waals surface area contributed by atoms with E-state index in [0.29, 0.717) is 23.4 Å². The van der Waals surface area contributed by atoms with Crippen LogP contribution in [0.15, 0.2) is 107 Å². The first-order valence-electron chi connectivity index (χ1n) is 15.9.